The number of nitrogens with one attached hydrogen (secondary N) is 1. The second-order valence-corrected chi connectivity index (χ2v) is 3.31. The van der Waals surface area contributed by atoms with Crippen LogP contribution in [0.4, 0.5) is 0 Å². The Balaban J connectivity index is 3.31. The van der Waals surface area contributed by atoms with Crippen LogP contribution in [-0.2, 0) is 4.79 Å². The van der Waals surface area contributed by atoms with Gasteiger partial charge in [-0.05, 0) is 12.8 Å². The summed E-state index contributed by atoms with van der Waals surface area (Å²) in [6.45, 7) is 7.01. The van der Waals surface area contributed by atoms with E-state index < -0.39 is 0 Å². The van der Waals surface area contributed by atoms with Gasteiger partial charge in [0.1, 0.15) is 0 Å². The Kier molecular flexibility index (Phi) is 6.82. The minimum Gasteiger partial charge on any atom is -0.356 e. The Hall–Kier alpha value is -0.530. The Morgan fingerprint density at radius 3 is 2.50 bits per heavy atom. The van der Waals surface area contributed by atoms with Crippen molar-refractivity contribution in [1.29, 1.82) is 0 Å². The summed E-state index contributed by atoms with van der Waals surface area (Å²) in [5.41, 5.74) is 0. The van der Waals surface area contributed by atoms with Gasteiger partial charge >= 0.3 is 0 Å². The quantitative estimate of drug-likeness (QED) is 0.611. The van der Waals surface area contributed by atoms with Gasteiger partial charge in [0.2, 0.25) is 5.91 Å². The molecule has 1 amide bonds. The van der Waals surface area contributed by atoms with Crippen LogP contribution in [0.5, 0.6) is 0 Å². The first kappa shape index (κ1) is 11.5. The van der Waals surface area contributed by atoms with Gasteiger partial charge in [0, 0.05) is 12.5 Å². The van der Waals surface area contributed by atoms with Crippen LogP contribution in [0.15, 0.2) is 0 Å². The monoisotopic (exact) mass is 171 g/mol. The standard InChI is InChI=1S/C10H21NO/c1-4-6-7-8-11-10(12)9(3)5-2/h9H,4-8H2,1-3H3,(H,11,12). The molecule has 12 heavy (non-hydrogen) atoms. The van der Waals surface area contributed by atoms with Crippen molar-refractivity contribution in [2.45, 2.75) is 46.5 Å². The maximum Gasteiger partial charge on any atom is 0.222 e. The van der Waals surface area contributed by atoms with Crippen LogP contribution in [0.1, 0.15) is 46.5 Å². The minimum absolute atomic E-state index is 0.173. The zero-order chi connectivity index (χ0) is 9.40. The second kappa shape index (κ2) is 7.14. The number of hydrogen-bond acceptors (Lipinski definition) is 1. The van der Waals surface area contributed by atoms with Gasteiger partial charge in [-0.3, -0.25) is 4.79 Å². The summed E-state index contributed by atoms with van der Waals surface area (Å²) < 4.78 is 0. The van der Waals surface area contributed by atoms with Crippen molar-refractivity contribution in [3.63, 3.8) is 0 Å². The van der Waals surface area contributed by atoms with E-state index in [4.69, 9.17) is 0 Å². The topological polar surface area (TPSA) is 29.1 Å². The van der Waals surface area contributed by atoms with Crippen molar-refractivity contribution < 1.29 is 4.79 Å². The van der Waals surface area contributed by atoms with Crippen LogP contribution in [0.2, 0.25) is 0 Å². The molecule has 0 aromatic carbocycles. The highest BCUT2D eigenvalue weighted by atomic mass is 16.1. The highest BCUT2D eigenvalue weighted by Gasteiger charge is 2.08. The molecule has 0 aromatic rings. The summed E-state index contributed by atoms with van der Waals surface area (Å²) in [6, 6.07) is 0. The van der Waals surface area contributed by atoms with E-state index in [9.17, 15) is 4.79 Å². The Morgan fingerprint density at radius 1 is 1.33 bits per heavy atom. The molecular weight excluding hydrogens is 150 g/mol. The third-order valence-corrected chi connectivity index (χ3v) is 2.14. The Labute approximate surface area is 75.7 Å². The summed E-state index contributed by atoms with van der Waals surface area (Å²) in [7, 11) is 0. The largest absolute Gasteiger partial charge is 0.356 e. The van der Waals surface area contributed by atoms with E-state index >= 15 is 0 Å². The number of hydrogen-bond donors (Lipinski definition) is 1. The van der Waals surface area contributed by atoms with Crippen molar-refractivity contribution >= 4 is 5.91 Å². The lowest BCUT2D eigenvalue weighted by Gasteiger charge is -2.08. The van der Waals surface area contributed by atoms with Crippen LogP contribution in [-0.4, -0.2) is 12.5 Å². The molecule has 72 valence electrons. The number of amides is 1. The SMILES string of the molecule is CCCCCNC(=O)C(C)CC. The van der Waals surface area contributed by atoms with Gasteiger partial charge in [-0.15, -0.1) is 0 Å². The van der Waals surface area contributed by atoms with Crippen molar-refractivity contribution in [2.24, 2.45) is 5.92 Å². The van der Waals surface area contributed by atoms with Gasteiger partial charge in [-0.1, -0.05) is 33.6 Å². The first-order valence-corrected chi connectivity index (χ1v) is 5.00. The molecular formula is C10H21NO. The molecule has 1 N–H and O–H groups in total. The van der Waals surface area contributed by atoms with Gasteiger partial charge in [-0.25, -0.2) is 0 Å². The van der Waals surface area contributed by atoms with Crippen LogP contribution in [0, 0.1) is 5.92 Å². The zero-order valence-electron chi connectivity index (χ0n) is 8.52. The molecule has 0 bridgehead atoms. The molecule has 0 aliphatic carbocycles. The van der Waals surface area contributed by atoms with E-state index in [0.717, 1.165) is 19.4 Å². The molecule has 2 heteroatoms. The average molecular weight is 171 g/mol. The van der Waals surface area contributed by atoms with Gasteiger partial charge in [0.15, 0.2) is 0 Å². The molecule has 0 aliphatic rings. The van der Waals surface area contributed by atoms with Crippen molar-refractivity contribution in [2.75, 3.05) is 6.54 Å². The molecule has 0 saturated heterocycles. The fourth-order valence-electron chi connectivity index (χ4n) is 0.946. The van der Waals surface area contributed by atoms with E-state index in [1.54, 1.807) is 0 Å². The van der Waals surface area contributed by atoms with Crippen molar-refractivity contribution in [3.8, 4) is 0 Å². The molecule has 0 heterocycles. The number of unbranched alkanes of at least 4 members (excludes halogenated alkanes) is 2. The van der Waals surface area contributed by atoms with Crippen molar-refractivity contribution in [3.05, 3.63) is 0 Å². The summed E-state index contributed by atoms with van der Waals surface area (Å²) in [5, 5.41) is 2.93. The molecule has 0 spiro atoms. The fourth-order valence-corrected chi connectivity index (χ4v) is 0.946. The van der Waals surface area contributed by atoms with Crippen LogP contribution >= 0.6 is 0 Å². The molecule has 0 aliphatic heterocycles. The predicted octanol–water partition coefficient (Wildman–Crippen LogP) is 2.34. The fraction of sp³-hybridized carbons (Fsp3) is 0.900. The number of carbonyl (C=O) groups is 1. The Morgan fingerprint density at radius 2 is 2.00 bits per heavy atom. The average Bonchev–Trinajstić information content (AvgIpc) is 2.10. The van der Waals surface area contributed by atoms with Gasteiger partial charge in [0.05, 0.1) is 0 Å². The van der Waals surface area contributed by atoms with E-state index in [0.29, 0.717) is 0 Å². The van der Waals surface area contributed by atoms with Crippen LogP contribution in [0.25, 0.3) is 0 Å². The van der Waals surface area contributed by atoms with E-state index in [2.05, 4.69) is 12.2 Å². The number of carbonyl (C=O) groups excluding carboxylic acids is 1. The second-order valence-electron chi connectivity index (χ2n) is 3.31. The first-order chi connectivity index (χ1) is 5.72. The van der Waals surface area contributed by atoms with Crippen LogP contribution in [0.3, 0.4) is 0 Å². The normalized spacial score (nSPS) is 12.6. The predicted molar refractivity (Wildman–Crippen MR) is 52.0 cm³/mol. The lowest BCUT2D eigenvalue weighted by molar-refractivity contribution is -0.124. The highest BCUT2D eigenvalue weighted by Crippen LogP contribution is 2.00. The summed E-state index contributed by atoms with van der Waals surface area (Å²) in [6.07, 6.45) is 4.46. The molecule has 0 fully saturated rings. The summed E-state index contributed by atoms with van der Waals surface area (Å²) >= 11 is 0. The maximum atomic E-state index is 11.2. The summed E-state index contributed by atoms with van der Waals surface area (Å²) in [4.78, 5) is 11.2. The van der Waals surface area contributed by atoms with Gasteiger partial charge in [0.25, 0.3) is 0 Å². The maximum absolute atomic E-state index is 11.2. The van der Waals surface area contributed by atoms with Gasteiger partial charge < -0.3 is 5.32 Å². The zero-order valence-corrected chi connectivity index (χ0v) is 8.52. The third kappa shape index (κ3) is 5.16. The molecule has 0 saturated carbocycles. The Bertz CT molecular complexity index is 123. The lowest BCUT2D eigenvalue weighted by atomic mass is 10.1. The van der Waals surface area contributed by atoms with Crippen molar-refractivity contribution in [1.82, 2.24) is 5.32 Å². The van der Waals surface area contributed by atoms with Gasteiger partial charge in [-0.2, -0.15) is 0 Å². The smallest absolute Gasteiger partial charge is 0.222 e. The number of rotatable bonds is 6. The molecule has 1 unspecified atom stereocenters. The molecule has 2 nitrogen and oxygen atoms in total. The molecule has 1 atom stereocenters. The van der Waals surface area contributed by atoms with E-state index in [-0.39, 0.29) is 11.8 Å². The third-order valence-electron chi connectivity index (χ3n) is 2.14. The molecule has 0 rings (SSSR count). The molecule has 0 radical (unpaired) electrons. The van der Waals surface area contributed by atoms with E-state index in [1.165, 1.54) is 12.8 Å². The minimum atomic E-state index is 0.173. The van der Waals surface area contributed by atoms with E-state index in [1.807, 2.05) is 13.8 Å². The lowest BCUT2D eigenvalue weighted by Crippen LogP contribution is -2.29. The molecule has 0 aromatic heterocycles. The summed E-state index contributed by atoms with van der Waals surface area (Å²) in [5.74, 6) is 0.375. The van der Waals surface area contributed by atoms with Crippen LogP contribution < -0.4 is 5.32 Å². The highest BCUT2D eigenvalue weighted by molar-refractivity contribution is 5.78. The first-order valence-electron chi connectivity index (χ1n) is 5.00.